The number of carbonyl (C=O) groups excluding carboxylic acids is 1. The Kier molecular flexibility index (Phi) is 5.64. The summed E-state index contributed by atoms with van der Waals surface area (Å²) in [6.45, 7) is 0.130. The number of aromatic nitrogens is 1. The number of halogens is 1. The van der Waals surface area contributed by atoms with Gasteiger partial charge in [0, 0.05) is 33.9 Å². The summed E-state index contributed by atoms with van der Waals surface area (Å²) in [5.74, 6) is -1.21. The molecular weight excluding hydrogens is 484 g/mol. The maximum absolute atomic E-state index is 12.6. The van der Waals surface area contributed by atoms with Crippen LogP contribution in [0.15, 0.2) is 77.4 Å². The van der Waals surface area contributed by atoms with Crippen LogP contribution in [0.25, 0.3) is 22.0 Å². The van der Waals surface area contributed by atoms with Crippen LogP contribution in [0.5, 0.6) is 0 Å². The van der Waals surface area contributed by atoms with Crippen LogP contribution < -0.4 is 5.32 Å². The van der Waals surface area contributed by atoms with Gasteiger partial charge in [-0.3, -0.25) is 0 Å². The lowest BCUT2D eigenvalue weighted by Crippen LogP contribution is -2.42. The molecule has 1 heterocycles. The largest absolute Gasteiger partial charge is 0.480 e. The zero-order chi connectivity index (χ0) is 22.9. The number of nitrogens with one attached hydrogen (secondary N) is 2. The predicted octanol–water partition coefficient (Wildman–Crippen LogP) is 5.46. The molecule has 0 saturated heterocycles. The molecule has 1 amide bonds. The number of rotatable bonds is 6. The lowest BCUT2D eigenvalue weighted by atomic mass is 9.98. The molecule has 7 heteroatoms. The molecule has 0 saturated carbocycles. The lowest BCUT2D eigenvalue weighted by Gasteiger charge is -2.17. The van der Waals surface area contributed by atoms with Gasteiger partial charge in [0.2, 0.25) is 0 Å². The summed E-state index contributed by atoms with van der Waals surface area (Å²) in [5, 5.41) is 13.1. The number of aromatic amines is 1. The molecule has 1 aromatic heterocycles. The summed E-state index contributed by atoms with van der Waals surface area (Å²) in [6.07, 6.45) is 1.15. The number of carbonyl (C=O) groups is 2. The Hall–Kier alpha value is -3.58. The summed E-state index contributed by atoms with van der Waals surface area (Å²) in [6, 6.07) is 20.7. The monoisotopic (exact) mass is 504 g/mol. The van der Waals surface area contributed by atoms with Crippen molar-refractivity contribution in [3.05, 3.63) is 94.1 Å². The van der Waals surface area contributed by atoms with Crippen molar-refractivity contribution in [2.45, 2.75) is 18.4 Å². The molecule has 166 valence electrons. The predicted molar refractivity (Wildman–Crippen MR) is 129 cm³/mol. The molecular formula is C26H21BrN2O4. The van der Waals surface area contributed by atoms with E-state index in [2.05, 4.69) is 38.4 Å². The summed E-state index contributed by atoms with van der Waals surface area (Å²) < 4.78 is 6.38. The maximum Gasteiger partial charge on any atom is 0.407 e. The van der Waals surface area contributed by atoms with E-state index < -0.39 is 18.1 Å². The Morgan fingerprint density at radius 1 is 1.00 bits per heavy atom. The Labute approximate surface area is 198 Å². The average Bonchev–Trinajstić information content (AvgIpc) is 3.37. The molecule has 0 fully saturated rings. The van der Waals surface area contributed by atoms with Gasteiger partial charge in [0.15, 0.2) is 0 Å². The zero-order valence-electron chi connectivity index (χ0n) is 17.5. The summed E-state index contributed by atoms with van der Waals surface area (Å²) in [5.41, 5.74) is 6.16. The number of hydrogen-bond donors (Lipinski definition) is 3. The zero-order valence-corrected chi connectivity index (χ0v) is 19.1. The van der Waals surface area contributed by atoms with Crippen LogP contribution in [-0.2, 0) is 16.0 Å². The molecule has 3 aromatic carbocycles. The number of carboxylic acid groups (broad SMARTS) is 1. The topological polar surface area (TPSA) is 91.4 Å². The number of fused-ring (bicyclic) bond motifs is 4. The minimum Gasteiger partial charge on any atom is -0.480 e. The van der Waals surface area contributed by atoms with E-state index in [1.165, 1.54) is 0 Å². The van der Waals surface area contributed by atoms with Crippen LogP contribution >= 0.6 is 15.9 Å². The Morgan fingerprint density at radius 2 is 1.67 bits per heavy atom. The Bertz CT molecular complexity index is 1320. The summed E-state index contributed by atoms with van der Waals surface area (Å²) >= 11 is 3.51. The van der Waals surface area contributed by atoms with Crippen molar-refractivity contribution in [3.8, 4) is 11.1 Å². The van der Waals surface area contributed by atoms with Crippen molar-refractivity contribution in [2.24, 2.45) is 0 Å². The van der Waals surface area contributed by atoms with Gasteiger partial charge in [0.1, 0.15) is 12.6 Å². The van der Waals surface area contributed by atoms with Crippen molar-refractivity contribution in [2.75, 3.05) is 6.61 Å². The third-order valence-corrected chi connectivity index (χ3v) is 6.76. The second-order valence-corrected chi connectivity index (χ2v) is 8.90. The molecule has 3 N–H and O–H groups in total. The first-order valence-electron chi connectivity index (χ1n) is 10.6. The van der Waals surface area contributed by atoms with Gasteiger partial charge >= 0.3 is 12.1 Å². The fourth-order valence-electron chi connectivity index (χ4n) is 4.57. The highest BCUT2D eigenvalue weighted by atomic mass is 79.9. The van der Waals surface area contributed by atoms with Crippen LogP contribution in [-0.4, -0.2) is 34.8 Å². The van der Waals surface area contributed by atoms with Gasteiger partial charge in [0.25, 0.3) is 0 Å². The van der Waals surface area contributed by atoms with Crippen LogP contribution in [0, 0.1) is 0 Å². The van der Waals surface area contributed by atoms with Crippen LogP contribution in [0.4, 0.5) is 4.79 Å². The highest BCUT2D eigenvalue weighted by Crippen LogP contribution is 2.44. The van der Waals surface area contributed by atoms with E-state index in [1.807, 2.05) is 54.6 Å². The number of amides is 1. The molecule has 0 aliphatic heterocycles. The van der Waals surface area contributed by atoms with Crippen LogP contribution in [0.1, 0.15) is 22.6 Å². The molecule has 0 bridgehead atoms. The average molecular weight is 505 g/mol. The molecule has 0 unspecified atom stereocenters. The molecule has 0 radical (unpaired) electrons. The van der Waals surface area contributed by atoms with Crippen LogP contribution in [0.3, 0.4) is 0 Å². The number of benzene rings is 3. The number of aliphatic carboxylic acids is 1. The van der Waals surface area contributed by atoms with Crippen molar-refractivity contribution < 1.29 is 19.4 Å². The van der Waals surface area contributed by atoms with E-state index in [4.69, 9.17) is 4.74 Å². The van der Waals surface area contributed by atoms with Crippen molar-refractivity contribution >= 4 is 38.9 Å². The number of alkyl carbamates (subject to hydrolysis) is 1. The number of H-pyrrole nitrogens is 1. The molecule has 5 rings (SSSR count). The van der Waals surface area contributed by atoms with E-state index in [0.29, 0.717) is 0 Å². The standard InChI is InChI=1S/C26H21BrN2O4/c27-21-10-5-11-22-24(21)15(13-28-22)12-23(25(30)31)29-26(32)33-14-20-18-8-3-1-6-16(18)17-7-2-4-9-19(17)20/h1-11,13,20,23,28H,12,14H2,(H,29,32)(H,30,31)/t23-/m1/s1. The van der Waals surface area contributed by atoms with Gasteiger partial charge in [-0.2, -0.15) is 0 Å². The Morgan fingerprint density at radius 3 is 2.33 bits per heavy atom. The van der Waals surface area contributed by atoms with Crippen molar-refractivity contribution in [1.29, 1.82) is 0 Å². The van der Waals surface area contributed by atoms with Gasteiger partial charge in [-0.25, -0.2) is 9.59 Å². The van der Waals surface area contributed by atoms with Crippen LogP contribution in [0.2, 0.25) is 0 Å². The fourth-order valence-corrected chi connectivity index (χ4v) is 5.19. The van der Waals surface area contributed by atoms with Gasteiger partial charge in [0.05, 0.1) is 0 Å². The van der Waals surface area contributed by atoms with Gasteiger partial charge in [-0.1, -0.05) is 70.5 Å². The highest BCUT2D eigenvalue weighted by molar-refractivity contribution is 9.10. The van der Waals surface area contributed by atoms with E-state index in [9.17, 15) is 14.7 Å². The quantitative estimate of drug-likeness (QED) is 0.324. The molecule has 4 aromatic rings. The normalized spacial score (nSPS) is 13.4. The van der Waals surface area contributed by atoms with Gasteiger partial charge in [-0.05, 0) is 39.9 Å². The minimum absolute atomic E-state index is 0.0870. The van der Waals surface area contributed by atoms with Crippen molar-refractivity contribution in [1.82, 2.24) is 10.3 Å². The number of hydrogen-bond acceptors (Lipinski definition) is 3. The van der Waals surface area contributed by atoms with Gasteiger partial charge in [-0.15, -0.1) is 0 Å². The molecule has 1 aliphatic rings. The minimum atomic E-state index is -1.12. The third-order valence-electron chi connectivity index (χ3n) is 6.09. The Balaban J connectivity index is 1.29. The molecule has 6 nitrogen and oxygen atoms in total. The first-order chi connectivity index (χ1) is 16.0. The number of carboxylic acids is 1. The lowest BCUT2D eigenvalue weighted by molar-refractivity contribution is -0.139. The number of ether oxygens (including phenoxy) is 1. The van der Waals surface area contributed by atoms with E-state index in [1.54, 1.807) is 6.20 Å². The summed E-state index contributed by atoms with van der Waals surface area (Å²) in [7, 11) is 0. The second-order valence-electron chi connectivity index (χ2n) is 8.04. The van der Waals surface area contributed by atoms with Crippen molar-refractivity contribution in [3.63, 3.8) is 0 Å². The molecule has 1 aliphatic carbocycles. The maximum atomic E-state index is 12.6. The van der Waals surface area contributed by atoms with E-state index in [0.717, 1.165) is 43.2 Å². The summed E-state index contributed by atoms with van der Waals surface area (Å²) in [4.78, 5) is 27.6. The third kappa shape index (κ3) is 4.00. The first-order valence-corrected chi connectivity index (χ1v) is 11.4. The molecule has 0 spiro atoms. The molecule has 1 atom stereocenters. The van der Waals surface area contributed by atoms with E-state index >= 15 is 0 Å². The smallest absolute Gasteiger partial charge is 0.407 e. The highest BCUT2D eigenvalue weighted by Gasteiger charge is 2.30. The SMILES string of the molecule is O=C(N[C@H](Cc1c[nH]c2cccc(Br)c12)C(=O)O)OCC1c2ccccc2-c2ccccc21. The van der Waals surface area contributed by atoms with E-state index in [-0.39, 0.29) is 18.9 Å². The first kappa shape index (κ1) is 21.3. The molecule has 33 heavy (non-hydrogen) atoms. The fraction of sp³-hybridized carbons (Fsp3) is 0.154. The van der Waals surface area contributed by atoms with Gasteiger partial charge < -0.3 is 20.1 Å². The second kappa shape index (κ2) is 8.75.